The van der Waals surface area contributed by atoms with Crippen molar-refractivity contribution in [3.63, 3.8) is 0 Å². The zero-order valence-corrected chi connectivity index (χ0v) is 15.5. The molecule has 1 heterocycles. The topological polar surface area (TPSA) is 117 Å². The monoisotopic (exact) mass is 392 g/mol. The Kier molecular flexibility index (Phi) is 5.76. The van der Waals surface area contributed by atoms with Gasteiger partial charge in [-0.15, -0.1) is 0 Å². The number of aromatic amines is 1. The number of H-pyrrole nitrogens is 1. The molecule has 0 unspecified atom stereocenters. The van der Waals surface area contributed by atoms with Crippen molar-refractivity contribution in [1.82, 2.24) is 20.1 Å². The zero-order chi connectivity index (χ0) is 19.4. The first kappa shape index (κ1) is 19.3. The molecule has 1 aliphatic rings. The molecule has 0 atom stereocenters. The van der Waals surface area contributed by atoms with Crippen LogP contribution in [0.25, 0.3) is 5.69 Å². The number of benzene rings is 1. The van der Waals surface area contributed by atoms with Crippen molar-refractivity contribution in [3.8, 4) is 5.69 Å². The fourth-order valence-electron chi connectivity index (χ4n) is 3.32. The fourth-order valence-corrected chi connectivity index (χ4v) is 3.53. The number of aromatic nitrogens is 3. The van der Waals surface area contributed by atoms with Gasteiger partial charge in [0.1, 0.15) is 6.20 Å². The van der Waals surface area contributed by atoms with Crippen molar-refractivity contribution in [2.24, 2.45) is 0 Å². The van der Waals surface area contributed by atoms with E-state index < -0.39 is 22.8 Å². The van der Waals surface area contributed by atoms with Crippen molar-refractivity contribution < 1.29 is 9.90 Å². The highest BCUT2D eigenvalue weighted by Gasteiger charge is 2.28. The summed E-state index contributed by atoms with van der Waals surface area (Å²) in [4.78, 5) is 36.4. The number of amides is 1. The van der Waals surface area contributed by atoms with Gasteiger partial charge in [-0.2, -0.15) is 5.10 Å². The number of rotatable bonds is 4. The lowest BCUT2D eigenvalue weighted by atomic mass is 9.94. The minimum atomic E-state index is -0.921. The highest BCUT2D eigenvalue weighted by Crippen LogP contribution is 2.26. The van der Waals surface area contributed by atoms with Gasteiger partial charge in [0.15, 0.2) is 0 Å². The highest BCUT2D eigenvalue weighted by molar-refractivity contribution is 6.33. The van der Waals surface area contributed by atoms with Gasteiger partial charge in [0.05, 0.1) is 21.9 Å². The second-order valence-electron chi connectivity index (χ2n) is 6.83. The third kappa shape index (κ3) is 4.45. The molecule has 1 aromatic heterocycles. The first-order valence-corrected chi connectivity index (χ1v) is 9.25. The summed E-state index contributed by atoms with van der Waals surface area (Å²) in [5, 5.41) is 19.2. The van der Waals surface area contributed by atoms with Gasteiger partial charge in [0.25, 0.3) is 11.5 Å². The smallest absolute Gasteiger partial charge is 0.349 e. The average molecular weight is 393 g/mol. The predicted molar refractivity (Wildman–Crippen MR) is 100 cm³/mol. The summed E-state index contributed by atoms with van der Waals surface area (Å²) in [6.45, 7) is 0.127. The maximum absolute atomic E-state index is 12.6. The van der Waals surface area contributed by atoms with Crippen molar-refractivity contribution in [2.45, 2.75) is 44.1 Å². The number of carbonyl (C=O) groups is 1. The highest BCUT2D eigenvalue weighted by atomic mass is 35.5. The Morgan fingerprint density at radius 3 is 2.63 bits per heavy atom. The molecule has 144 valence electrons. The van der Waals surface area contributed by atoms with E-state index in [1.54, 1.807) is 0 Å². The van der Waals surface area contributed by atoms with E-state index >= 15 is 0 Å². The molecule has 1 aliphatic carbocycles. The number of halogens is 1. The van der Waals surface area contributed by atoms with Crippen molar-refractivity contribution in [2.75, 3.05) is 6.54 Å². The van der Waals surface area contributed by atoms with Crippen LogP contribution in [0.4, 0.5) is 0 Å². The minimum absolute atomic E-state index is 0.120. The summed E-state index contributed by atoms with van der Waals surface area (Å²) in [7, 11) is 0. The van der Waals surface area contributed by atoms with Crippen molar-refractivity contribution in [1.29, 1.82) is 0 Å². The zero-order valence-electron chi connectivity index (χ0n) is 14.7. The van der Waals surface area contributed by atoms with Crippen LogP contribution in [0.5, 0.6) is 0 Å². The van der Waals surface area contributed by atoms with Gasteiger partial charge in [0, 0.05) is 6.54 Å². The van der Waals surface area contributed by atoms with Crippen LogP contribution in [-0.2, 0) is 0 Å². The molecule has 3 rings (SSSR count). The molecule has 1 aromatic carbocycles. The van der Waals surface area contributed by atoms with Crippen LogP contribution in [0.15, 0.2) is 34.0 Å². The van der Waals surface area contributed by atoms with E-state index in [0.29, 0.717) is 12.8 Å². The van der Waals surface area contributed by atoms with E-state index in [9.17, 15) is 19.5 Å². The largest absolute Gasteiger partial charge is 0.388 e. The summed E-state index contributed by atoms with van der Waals surface area (Å²) in [5.41, 5.74) is -1.94. The molecule has 0 saturated heterocycles. The second kappa shape index (κ2) is 8.06. The van der Waals surface area contributed by atoms with Gasteiger partial charge >= 0.3 is 5.69 Å². The number of carbonyl (C=O) groups excluding carboxylic acids is 1. The van der Waals surface area contributed by atoms with Gasteiger partial charge in [-0.1, -0.05) is 37.3 Å². The standard InChI is InChI=1S/C18H21ClN4O4/c19-14-6-5-12(23-15(24)10-21-22-17(23)26)9-13(14)16(25)20-11-18(27)7-3-1-2-4-8-18/h5-6,9-10,27H,1-4,7-8,11H2,(H,20,25)(H,22,26). The van der Waals surface area contributed by atoms with Crippen molar-refractivity contribution >= 4 is 17.5 Å². The minimum Gasteiger partial charge on any atom is -0.388 e. The van der Waals surface area contributed by atoms with E-state index in [1.165, 1.54) is 18.2 Å². The molecular weight excluding hydrogens is 372 g/mol. The fraction of sp³-hybridized carbons (Fsp3) is 0.444. The Balaban J connectivity index is 1.83. The number of nitrogens with zero attached hydrogens (tertiary/aromatic N) is 2. The van der Waals surface area contributed by atoms with Crippen molar-refractivity contribution in [3.05, 3.63) is 55.8 Å². The lowest BCUT2D eigenvalue weighted by Crippen LogP contribution is -2.42. The molecule has 1 amide bonds. The van der Waals surface area contributed by atoms with E-state index in [-0.39, 0.29) is 22.8 Å². The van der Waals surface area contributed by atoms with Crippen LogP contribution >= 0.6 is 11.6 Å². The Hall–Kier alpha value is -2.45. The number of aliphatic hydroxyl groups is 1. The number of hydrogen-bond acceptors (Lipinski definition) is 5. The summed E-state index contributed by atoms with van der Waals surface area (Å²) in [6.07, 6.45) is 6.27. The number of nitrogens with one attached hydrogen (secondary N) is 2. The molecule has 1 saturated carbocycles. The molecule has 8 nitrogen and oxygen atoms in total. The molecule has 0 radical (unpaired) electrons. The molecule has 1 fully saturated rings. The van der Waals surface area contributed by atoms with Gasteiger partial charge in [-0.05, 0) is 31.0 Å². The lowest BCUT2D eigenvalue weighted by Gasteiger charge is -2.26. The molecule has 0 bridgehead atoms. The third-order valence-corrected chi connectivity index (χ3v) is 5.15. The maximum Gasteiger partial charge on any atom is 0.349 e. The Labute approximate surface area is 160 Å². The van der Waals surface area contributed by atoms with Gasteiger partial charge in [-0.3, -0.25) is 9.59 Å². The SMILES string of the molecule is O=C(NCC1(O)CCCCCC1)c1cc(-n2c(=O)cn[nH]c2=O)ccc1Cl. The summed E-state index contributed by atoms with van der Waals surface area (Å²) in [5.74, 6) is -0.474. The molecule has 9 heteroatoms. The molecule has 3 N–H and O–H groups in total. The molecular formula is C18H21ClN4O4. The molecule has 0 spiro atoms. The normalized spacial score (nSPS) is 16.5. The van der Waals surface area contributed by atoms with Gasteiger partial charge < -0.3 is 10.4 Å². The van der Waals surface area contributed by atoms with Crippen LogP contribution in [-0.4, -0.2) is 37.9 Å². The Morgan fingerprint density at radius 2 is 1.96 bits per heavy atom. The van der Waals surface area contributed by atoms with E-state index in [2.05, 4.69) is 15.5 Å². The quantitative estimate of drug-likeness (QED) is 0.680. The van der Waals surface area contributed by atoms with Crippen LogP contribution in [0.2, 0.25) is 5.02 Å². The molecule has 27 heavy (non-hydrogen) atoms. The van der Waals surface area contributed by atoms with Crippen LogP contribution < -0.4 is 16.6 Å². The predicted octanol–water partition coefficient (Wildman–Crippen LogP) is 1.39. The summed E-state index contributed by atoms with van der Waals surface area (Å²) in [6, 6.07) is 4.28. The van der Waals surface area contributed by atoms with Gasteiger partial charge in [-0.25, -0.2) is 14.5 Å². The summed E-state index contributed by atoms with van der Waals surface area (Å²) < 4.78 is 0.860. The third-order valence-electron chi connectivity index (χ3n) is 4.82. The van der Waals surface area contributed by atoms with E-state index in [0.717, 1.165) is 36.4 Å². The maximum atomic E-state index is 12.6. The molecule has 0 aliphatic heterocycles. The number of hydrogen-bond donors (Lipinski definition) is 3. The first-order valence-electron chi connectivity index (χ1n) is 8.87. The van der Waals surface area contributed by atoms with E-state index in [4.69, 9.17) is 11.6 Å². The Bertz CT molecular complexity index is 917. The molecule has 2 aromatic rings. The van der Waals surface area contributed by atoms with Crippen LogP contribution in [0, 0.1) is 0 Å². The van der Waals surface area contributed by atoms with Gasteiger partial charge in [0.2, 0.25) is 0 Å². The first-order chi connectivity index (χ1) is 12.9. The van der Waals surface area contributed by atoms with Crippen LogP contribution in [0.1, 0.15) is 48.9 Å². The average Bonchev–Trinajstić information content (AvgIpc) is 2.86. The Morgan fingerprint density at radius 1 is 1.26 bits per heavy atom. The lowest BCUT2D eigenvalue weighted by molar-refractivity contribution is 0.0246. The summed E-state index contributed by atoms with van der Waals surface area (Å²) >= 11 is 6.13. The van der Waals surface area contributed by atoms with Crippen LogP contribution in [0.3, 0.4) is 0 Å². The van der Waals surface area contributed by atoms with E-state index in [1.807, 2.05) is 0 Å². The second-order valence-corrected chi connectivity index (χ2v) is 7.24.